The van der Waals surface area contributed by atoms with Crippen LogP contribution in [0.1, 0.15) is 17.2 Å². The van der Waals surface area contributed by atoms with E-state index in [-0.39, 0.29) is 0 Å². The van der Waals surface area contributed by atoms with Crippen LogP contribution in [0, 0.1) is 6.92 Å². The van der Waals surface area contributed by atoms with E-state index in [0.717, 1.165) is 51.9 Å². The van der Waals surface area contributed by atoms with Gasteiger partial charge in [-0.2, -0.15) is 0 Å². The Bertz CT molecular complexity index is 690. The summed E-state index contributed by atoms with van der Waals surface area (Å²) in [5.74, 6) is 0.840. The number of rotatable bonds is 7. The molecule has 1 aromatic heterocycles. The molecule has 2 heterocycles. The first-order valence-corrected chi connectivity index (χ1v) is 9.70. The van der Waals surface area contributed by atoms with Gasteiger partial charge in [-0.1, -0.05) is 29.8 Å². The Hall–Kier alpha value is -2.31. The minimum absolute atomic E-state index is 0.303. The van der Waals surface area contributed by atoms with Crippen molar-refractivity contribution in [1.29, 1.82) is 0 Å². The number of benzene rings is 1. The van der Waals surface area contributed by atoms with Gasteiger partial charge in [-0.3, -0.25) is 9.89 Å². The molecule has 2 aromatic rings. The van der Waals surface area contributed by atoms with Gasteiger partial charge in [0.1, 0.15) is 0 Å². The summed E-state index contributed by atoms with van der Waals surface area (Å²) in [6.45, 7) is 8.20. The molecule has 0 bridgehead atoms. The molecule has 1 unspecified atom stereocenters. The summed E-state index contributed by atoms with van der Waals surface area (Å²) >= 11 is 0. The molecule has 6 nitrogen and oxygen atoms in total. The Balaban J connectivity index is 1.57. The molecule has 2 N–H and O–H groups in total. The quantitative estimate of drug-likeness (QED) is 0.579. The number of aliphatic imine (C=N–C) groups is 1. The van der Waals surface area contributed by atoms with Crippen molar-refractivity contribution < 1.29 is 4.74 Å². The Labute approximate surface area is 162 Å². The average Bonchev–Trinajstić information content (AvgIpc) is 3.22. The van der Waals surface area contributed by atoms with E-state index in [2.05, 4.69) is 68.7 Å². The Morgan fingerprint density at radius 3 is 2.48 bits per heavy atom. The number of aromatic nitrogens is 1. The van der Waals surface area contributed by atoms with Crippen LogP contribution in [0.5, 0.6) is 0 Å². The van der Waals surface area contributed by atoms with Crippen LogP contribution in [0.15, 0.2) is 53.8 Å². The minimum Gasteiger partial charge on any atom is -0.379 e. The van der Waals surface area contributed by atoms with Crippen LogP contribution < -0.4 is 10.6 Å². The predicted octanol–water partition coefficient (Wildman–Crippen LogP) is 2.04. The number of guanidine groups is 1. The molecule has 0 spiro atoms. The predicted molar refractivity (Wildman–Crippen MR) is 110 cm³/mol. The summed E-state index contributed by atoms with van der Waals surface area (Å²) in [5, 5.41) is 6.91. The Kier molecular flexibility index (Phi) is 7.30. The third kappa shape index (κ3) is 5.84. The van der Waals surface area contributed by atoms with Crippen molar-refractivity contribution >= 4 is 5.96 Å². The first-order valence-electron chi connectivity index (χ1n) is 9.70. The van der Waals surface area contributed by atoms with E-state index in [0.29, 0.717) is 6.04 Å². The smallest absolute Gasteiger partial charge is 0.191 e. The van der Waals surface area contributed by atoms with E-state index in [9.17, 15) is 0 Å². The first kappa shape index (κ1) is 19.5. The second-order valence-electron chi connectivity index (χ2n) is 6.88. The average molecular weight is 370 g/mol. The van der Waals surface area contributed by atoms with Gasteiger partial charge in [0.25, 0.3) is 0 Å². The third-order valence-electron chi connectivity index (χ3n) is 4.96. The molecule has 1 aromatic carbocycles. The fourth-order valence-electron chi connectivity index (χ4n) is 3.37. The van der Waals surface area contributed by atoms with Crippen molar-refractivity contribution in [2.45, 2.75) is 19.5 Å². The summed E-state index contributed by atoms with van der Waals surface area (Å²) in [4.78, 5) is 6.87. The number of ether oxygens (including phenoxy) is 1. The van der Waals surface area contributed by atoms with Crippen molar-refractivity contribution in [2.75, 3.05) is 46.4 Å². The molecular formula is C21H31N5O. The lowest BCUT2D eigenvalue weighted by atomic mass is 10.0. The lowest BCUT2D eigenvalue weighted by molar-refractivity contribution is 0.0170. The zero-order valence-corrected chi connectivity index (χ0v) is 16.4. The Morgan fingerprint density at radius 1 is 1.11 bits per heavy atom. The third-order valence-corrected chi connectivity index (χ3v) is 4.96. The van der Waals surface area contributed by atoms with Gasteiger partial charge in [0.15, 0.2) is 5.96 Å². The molecule has 0 aliphatic carbocycles. The highest BCUT2D eigenvalue weighted by Gasteiger charge is 2.22. The van der Waals surface area contributed by atoms with Crippen molar-refractivity contribution in [3.63, 3.8) is 0 Å². The minimum atomic E-state index is 0.303. The Morgan fingerprint density at radius 2 is 1.81 bits per heavy atom. The number of morpholine rings is 1. The molecule has 0 saturated carbocycles. The van der Waals surface area contributed by atoms with Crippen LogP contribution in [0.2, 0.25) is 0 Å². The van der Waals surface area contributed by atoms with E-state index in [1.54, 1.807) is 0 Å². The molecule has 6 heteroatoms. The van der Waals surface area contributed by atoms with Crippen molar-refractivity contribution in [1.82, 2.24) is 20.1 Å². The van der Waals surface area contributed by atoms with Crippen LogP contribution in [-0.2, 0) is 11.3 Å². The van der Waals surface area contributed by atoms with Gasteiger partial charge in [0, 0.05) is 52.2 Å². The standard InChI is InChI=1S/C21H31N5O/c1-18-5-7-19(8-6-18)20(26-13-15-27-16-14-26)17-24-21(22-2)23-9-12-25-10-3-4-11-25/h3-8,10-11,20H,9,12-17H2,1-2H3,(H2,22,23,24). The normalized spacial score (nSPS) is 16.9. The summed E-state index contributed by atoms with van der Waals surface area (Å²) in [6.07, 6.45) is 4.15. The molecule has 0 radical (unpaired) electrons. The molecule has 146 valence electrons. The van der Waals surface area contributed by atoms with Gasteiger partial charge in [-0.25, -0.2) is 0 Å². The van der Waals surface area contributed by atoms with E-state index in [1.807, 2.05) is 19.2 Å². The van der Waals surface area contributed by atoms with Crippen LogP contribution in [0.25, 0.3) is 0 Å². The summed E-state index contributed by atoms with van der Waals surface area (Å²) < 4.78 is 7.70. The fraction of sp³-hybridized carbons (Fsp3) is 0.476. The number of nitrogens with zero attached hydrogens (tertiary/aromatic N) is 3. The molecule has 1 saturated heterocycles. The maximum Gasteiger partial charge on any atom is 0.191 e. The topological polar surface area (TPSA) is 53.8 Å². The van der Waals surface area contributed by atoms with Gasteiger partial charge >= 0.3 is 0 Å². The SMILES string of the molecule is CN=C(NCCn1cccc1)NCC(c1ccc(C)cc1)N1CCOCC1. The van der Waals surface area contributed by atoms with Crippen molar-refractivity contribution in [2.24, 2.45) is 4.99 Å². The van der Waals surface area contributed by atoms with Gasteiger partial charge in [-0.15, -0.1) is 0 Å². The summed E-state index contributed by atoms with van der Waals surface area (Å²) in [7, 11) is 1.82. The molecule has 1 fully saturated rings. The number of hydrogen-bond donors (Lipinski definition) is 2. The van der Waals surface area contributed by atoms with Crippen molar-refractivity contribution in [3.8, 4) is 0 Å². The lowest BCUT2D eigenvalue weighted by Gasteiger charge is -2.35. The molecular weight excluding hydrogens is 338 g/mol. The van der Waals surface area contributed by atoms with Gasteiger partial charge in [0.2, 0.25) is 0 Å². The molecule has 1 aliphatic heterocycles. The lowest BCUT2D eigenvalue weighted by Crippen LogP contribution is -2.46. The van der Waals surface area contributed by atoms with Crippen LogP contribution >= 0.6 is 0 Å². The van der Waals surface area contributed by atoms with Crippen LogP contribution in [-0.4, -0.2) is 61.9 Å². The van der Waals surface area contributed by atoms with Gasteiger partial charge in [0.05, 0.1) is 19.3 Å². The highest BCUT2D eigenvalue weighted by molar-refractivity contribution is 5.79. The number of nitrogens with one attached hydrogen (secondary N) is 2. The van der Waals surface area contributed by atoms with E-state index in [1.165, 1.54) is 11.1 Å². The highest BCUT2D eigenvalue weighted by Crippen LogP contribution is 2.21. The van der Waals surface area contributed by atoms with E-state index < -0.39 is 0 Å². The molecule has 27 heavy (non-hydrogen) atoms. The molecule has 1 aliphatic rings. The van der Waals surface area contributed by atoms with Crippen LogP contribution in [0.3, 0.4) is 0 Å². The molecule has 3 rings (SSSR count). The van der Waals surface area contributed by atoms with Gasteiger partial charge in [-0.05, 0) is 24.6 Å². The highest BCUT2D eigenvalue weighted by atomic mass is 16.5. The maximum atomic E-state index is 5.54. The number of hydrogen-bond acceptors (Lipinski definition) is 3. The molecule has 1 atom stereocenters. The zero-order chi connectivity index (χ0) is 18.9. The second-order valence-corrected chi connectivity index (χ2v) is 6.88. The molecule has 0 amide bonds. The van der Waals surface area contributed by atoms with Crippen LogP contribution in [0.4, 0.5) is 0 Å². The summed E-state index contributed by atoms with van der Waals surface area (Å²) in [6, 6.07) is 13.2. The first-order chi connectivity index (χ1) is 13.3. The monoisotopic (exact) mass is 369 g/mol. The van der Waals surface area contributed by atoms with E-state index >= 15 is 0 Å². The summed E-state index contributed by atoms with van der Waals surface area (Å²) in [5.41, 5.74) is 2.62. The second kappa shape index (κ2) is 10.1. The fourth-order valence-corrected chi connectivity index (χ4v) is 3.37. The maximum absolute atomic E-state index is 5.54. The largest absolute Gasteiger partial charge is 0.379 e. The van der Waals surface area contributed by atoms with E-state index in [4.69, 9.17) is 4.74 Å². The number of aryl methyl sites for hydroxylation is 1. The van der Waals surface area contributed by atoms with Crippen molar-refractivity contribution in [3.05, 3.63) is 59.9 Å². The zero-order valence-electron chi connectivity index (χ0n) is 16.4. The van der Waals surface area contributed by atoms with Gasteiger partial charge < -0.3 is 19.9 Å².